The number of nitrogens with one attached hydrogen (secondary N) is 1. The van der Waals surface area contributed by atoms with Crippen LogP contribution < -0.4 is 10.1 Å². The van der Waals surface area contributed by atoms with Gasteiger partial charge in [-0.2, -0.15) is 0 Å². The minimum atomic E-state index is 0.749. The molecule has 96 valence electrons. The maximum atomic E-state index is 6.10. The molecular formula is C14H22ClNO. The van der Waals surface area contributed by atoms with Crippen molar-refractivity contribution in [2.45, 2.75) is 39.0 Å². The van der Waals surface area contributed by atoms with E-state index in [0.717, 1.165) is 23.0 Å². The fourth-order valence-corrected chi connectivity index (χ4v) is 1.90. The Labute approximate surface area is 109 Å². The summed E-state index contributed by atoms with van der Waals surface area (Å²) in [5.74, 6) is 0.836. The summed E-state index contributed by atoms with van der Waals surface area (Å²) in [7, 11) is 1.66. The summed E-state index contributed by atoms with van der Waals surface area (Å²) >= 11 is 6.10. The molecule has 0 unspecified atom stereocenters. The van der Waals surface area contributed by atoms with Crippen molar-refractivity contribution in [1.82, 2.24) is 0 Å². The number of benzene rings is 1. The Bertz CT molecular complexity index is 328. The van der Waals surface area contributed by atoms with Gasteiger partial charge in [0.25, 0.3) is 0 Å². The minimum Gasteiger partial charge on any atom is -0.497 e. The topological polar surface area (TPSA) is 21.3 Å². The second-order valence-corrected chi connectivity index (χ2v) is 4.59. The van der Waals surface area contributed by atoms with Crippen LogP contribution in [0.1, 0.15) is 39.0 Å². The minimum absolute atomic E-state index is 0.749. The van der Waals surface area contributed by atoms with Crippen molar-refractivity contribution in [3.8, 4) is 5.75 Å². The summed E-state index contributed by atoms with van der Waals surface area (Å²) in [5.41, 5.74) is 0.960. The molecule has 0 bridgehead atoms. The first kappa shape index (κ1) is 14.2. The molecule has 0 aliphatic heterocycles. The molecule has 1 aromatic rings. The van der Waals surface area contributed by atoms with Crippen LogP contribution in [-0.2, 0) is 0 Å². The summed E-state index contributed by atoms with van der Waals surface area (Å²) in [4.78, 5) is 0. The van der Waals surface area contributed by atoms with Gasteiger partial charge in [-0.15, -0.1) is 0 Å². The van der Waals surface area contributed by atoms with Crippen molar-refractivity contribution in [1.29, 1.82) is 0 Å². The summed E-state index contributed by atoms with van der Waals surface area (Å²) < 4.78 is 5.17. The third-order valence-corrected chi connectivity index (χ3v) is 3.10. The summed E-state index contributed by atoms with van der Waals surface area (Å²) in [6.07, 6.45) is 6.41. The predicted octanol–water partition coefficient (Wildman–Crippen LogP) is 4.73. The lowest BCUT2D eigenvalue weighted by Crippen LogP contribution is -2.02. The maximum absolute atomic E-state index is 6.10. The molecule has 0 saturated carbocycles. The molecule has 0 radical (unpaired) electrons. The van der Waals surface area contributed by atoms with Crippen LogP contribution in [0.3, 0.4) is 0 Å². The normalized spacial score (nSPS) is 10.3. The van der Waals surface area contributed by atoms with Gasteiger partial charge < -0.3 is 10.1 Å². The molecule has 1 rings (SSSR count). The second kappa shape index (κ2) is 8.24. The number of anilines is 1. The average molecular weight is 256 g/mol. The van der Waals surface area contributed by atoms with E-state index in [4.69, 9.17) is 16.3 Å². The van der Waals surface area contributed by atoms with Crippen LogP contribution in [-0.4, -0.2) is 13.7 Å². The first-order valence-corrected chi connectivity index (χ1v) is 6.73. The fourth-order valence-electron chi connectivity index (χ4n) is 1.72. The van der Waals surface area contributed by atoms with E-state index in [-0.39, 0.29) is 0 Å². The SMILES string of the molecule is CCCCCCCNc1cc(OC)ccc1Cl. The molecule has 0 aliphatic carbocycles. The maximum Gasteiger partial charge on any atom is 0.121 e. The highest BCUT2D eigenvalue weighted by Gasteiger charge is 2.01. The van der Waals surface area contributed by atoms with E-state index in [0.29, 0.717) is 0 Å². The second-order valence-electron chi connectivity index (χ2n) is 4.19. The quantitative estimate of drug-likeness (QED) is 0.678. The third kappa shape index (κ3) is 5.31. The van der Waals surface area contributed by atoms with Crippen LogP contribution in [0, 0.1) is 0 Å². The predicted molar refractivity (Wildman–Crippen MR) is 75.3 cm³/mol. The molecular weight excluding hydrogens is 234 g/mol. The highest BCUT2D eigenvalue weighted by Crippen LogP contribution is 2.26. The van der Waals surface area contributed by atoms with Crippen LogP contribution >= 0.6 is 11.6 Å². The standard InChI is InChI=1S/C14H22ClNO/c1-3-4-5-6-7-10-16-14-11-12(17-2)8-9-13(14)15/h8-9,11,16H,3-7,10H2,1-2H3. The largest absolute Gasteiger partial charge is 0.497 e. The molecule has 1 aromatic carbocycles. The summed E-state index contributed by atoms with van der Waals surface area (Å²) in [6, 6.07) is 5.67. The van der Waals surface area contributed by atoms with Crippen molar-refractivity contribution in [2.24, 2.45) is 0 Å². The van der Waals surface area contributed by atoms with E-state index in [9.17, 15) is 0 Å². The number of hydrogen-bond donors (Lipinski definition) is 1. The molecule has 0 spiro atoms. The van der Waals surface area contributed by atoms with Crippen LogP contribution in [0.4, 0.5) is 5.69 Å². The zero-order chi connectivity index (χ0) is 12.5. The van der Waals surface area contributed by atoms with Gasteiger partial charge in [0.2, 0.25) is 0 Å². The average Bonchev–Trinajstić information content (AvgIpc) is 2.35. The molecule has 0 heterocycles. The molecule has 17 heavy (non-hydrogen) atoms. The van der Waals surface area contributed by atoms with E-state index < -0.39 is 0 Å². The third-order valence-electron chi connectivity index (χ3n) is 2.77. The van der Waals surface area contributed by atoms with Gasteiger partial charge in [-0.25, -0.2) is 0 Å². The smallest absolute Gasteiger partial charge is 0.121 e. The number of ether oxygens (including phenoxy) is 1. The summed E-state index contributed by atoms with van der Waals surface area (Å²) in [5, 5.41) is 4.10. The molecule has 0 aromatic heterocycles. The number of halogens is 1. The van der Waals surface area contributed by atoms with E-state index in [1.165, 1.54) is 32.1 Å². The monoisotopic (exact) mass is 255 g/mol. The van der Waals surface area contributed by atoms with E-state index in [1.54, 1.807) is 7.11 Å². The van der Waals surface area contributed by atoms with Gasteiger partial charge in [-0.3, -0.25) is 0 Å². The van der Waals surface area contributed by atoms with Crippen molar-refractivity contribution in [2.75, 3.05) is 19.0 Å². The van der Waals surface area contributed by atoms with Crippen molar-refractivity contribution < 1.29 is 4.74 Å². The Balaban J connectivity index is 2.30. The van der Waals surface area contributed by atoms with Gasteiger partial charge in [-0.1, -0.05) is 44.2 Å². The summed E-state index contributed by atoms with van der Waals surface area (Å²) in [6.45, 7) is 3.20. The van der Waals surface area contributed by atoms with Crippen LogP contribution in [0.25, 0.3) is 0 Å². The van der Waals surface area contributed by atoms with Crippen molar-refractivity contribution >= 4 is 17.3 Å². The molecule has 1 N–H and O–H groups in total. The number of methoxy groups -OCH3 is 1. The highest BCUT2D eigenvalue weighted by molar-refractivity contribution is 6.33. The van der Waals surface area contributed by atoms with E-state index >= 15 is 0 Å². The first-order valence-electron chi connectivity index (χ1n) is 6.35. The Hall–Kier alpha value is -0.890. The van der Waals surface area contributed by atoms with Gasteiger partial charge in [0.15, 0.2) is 0 Å². The number of unbranched alkanes of at least 4 members (excludes halogenated alkanes) is 4. The Morgan fingerprint density at radius 3 is 2.65 bits per heavy atom. The van der Waals surface area contributed by atoms with Gasteiger partial charge in [0, 0.05) is 12.6 Å². The molecule has 0 fully saturated rings. The van der Waals surface area contributed by atoms with E-state index in [1.807, 2.05) is 18.2 Å². The Morgan fingerprint density at radius 1 is 1.18 bits per heavy atom. The Morgan fingerprint density at radius 2 is 1.94 bits per heavy atom. The van der Waals surface area contributed by atoms with Gasteiger partial charge in [0.1, 0.15) is 5.75 Å². The van der Waals surface area contributed by atoms with Crippen LogP contribution in [0.2, 0.25) is 5.02 Å². The molecule has 0 saturated heterocycles. The highest BCUT2D eigenvalue weighted by atomic mass is 35.5. The zero-order valence-corrected chi connectivity index (χ0v) is 11.5. The molecule has 0 aliphatic rings. The lowest BCUT2D eigenvalue weighted by atomic mass is 10.1. The molecule has 0 atom stereocenters. The van der Waals surface area contributed by atoms with Gasteiger partial charge in [-0.05, 0) is 18.6 Å². The molecule has 2 nitrogen and oxygen atoms in total. The first-order chi connectivity index (χ1) is 8.27. The van der Waals surface area contributed by atoms with Crippen molar-refractivity contribution in [3.63, 3.8) is 0 Å². The van der Waals surface area contributed by atoms with Crippen molar-refractivity contribution in [3.05, 3.63) is 23.2 Å². The van der Waals surface area contributed by atoms with E-state index in [2.05, 4.69) is 12.2 Å². The fraction of sp³-hybridized carbons (Fsp3) is 0.571. The van der Waals surface area contributed by atoms with Gasteiger partial charge >= 0.3 is 0 Å². The van der Waals surface area contributed by atoms with Crippen LogP contribution in [0.15, 0.2) is 18.2 Å². The molecule has 0 amide bonds. The lowest BCUT2D eigenvalue weighted by Gasteiger charge is -2.09. The number of hydrogen-bond acceptors (Lipinski definition) is 2. The zero-order valence-electron chi connectivity index (χ0n) is 10.8. The van der Waals surface area contributed by atoms with Crippen LogP contribution in [0.5, 0.6) is 5.75 Å². The molecule has 3 heteroatoms. The lowest BCUT2D eigenvalue weighted by molar-refractivity contribution is 0.415. The number of rotatable bonds is 8. The van der Waals surface area contributed by atoms with Gasteiger partial charge in [0.05, 0.1) is 17.8 Å². The Kier molecular flexibility index (Phi) is 6.87.